The van der Waals surface area contributed by atoms with Gasteiger partial charge < -0.3 is 15.7 Å². The second-order valence-electron chi connectivity index (χ2n) is 6.53. The first-order valence-corrected chi connectivity index (χ1v) is 7.65. The van der Waals surface area contributed by atoms with E-state index in [1.807, 2.05) is 24.3 Å². The van der Waals surface area contributed by atoms with Gasteiger partial charge >= 0.3 is 6.03 Å². The van der Waals surface area contributed by atoms with Gasteiger partial charge in [0.15, 0.2) is 0 Å². The highest BCUT2D eigenvalue weighted by Crippen LogP contribution is 2.23. The molecule has 0 fully saturated rings. The van der Waals surface area contributed by atoms with E-state index in [-0.39, 0.29) is 18.0 Å². The third kappa shape index (κ3) is 5.10. The molecule has 1 heterocycles. The number of amides is 2. The molecule has 0 aliphatic carbocycles. The molecule has 0 saturated heterocycles. The number of aromatic amines is 1. The maximum absolute atomic E-state index is 11.7. The summed E-state index contributed by atoms with van der Waals surface area (Å²) in [4.78, 5) is 11.7. The Hall–Kier alpha value is -2.34. The zero-order valence-electron chi connectivity index (χ0n) is 13.8. The predicted molar refractivity (Wildman–Crippen MR) is 88.9 cm³/mol. The van der Waals surface area contributed by atoms with E-state index in [2.05, 4.69) is 41.6 Å². The minimum absolute atomic E-state index is 0.0777. The SMILES string of the molecule is CC(C)(C)c1ccc(C(O)CNC(=O)NCc2ccn[nH]2)cc1. The molecular weight excluding hydrogens is 292 g/mol. The van der Waals surface area contributed by atoms with E-state index in [0.29, 0.717) is 6.54 Å². The minimum Gasteiger partial charge on any atom is -0.387 e. The molecule has 0 aliphatic rings. The van der Waals surface area contributed by atoms with Gasteiger partial charge in [0, 0.05) is 12.7 Å². The fourth-order valence-electron chi connectivity index (χ4n) is 2.13. The molecule has 1 unspecified atom stereocenters. The number of aromatic nitrogens is 2. The number of aliphatic hydroxyl groups is 1. The van der Waals surface area contributed by atoms with Crippen molar-refractivity contribution in [2.75, 3.05) is 6.54 Å². The maximum atomic E-state index is 11.7. The highest BCUT2D eigenvalue weighted by atomic mass is 16.3. The Morgan fingerprint density at radius 2 is 1.91 bits per heavy atom. The van der Waals surface area contributed by atoms with E-state index in [1.54, 1.807) is 12.3 Å². The number of hydrogen-bond acceptors (Lipinski definition) is 3. The van der Waals surface area contributed by atoms with Crippen LogP contribution in [0.1, 0.15) is 43.7 Å². The average molecular weight is 316 g/mol. The molecule has 2 rings (SSSR count). The zero-order valence-corrected chi connectivity index (χ0v) is 13.8. The highest BCUT2D eigenvalue weighted by molar-refractivity contribution is 5.73. The Morgan fingerprint density at radius 1 is 1.22 bits per heavy atom. The van der Waals surface area contributed by atoms with Crippen LogP contribution in [0.5, 0.6) is 0 Å². The predicted octanol–water partition coefficient (Wildman–Crippen LogP) is 2.24. The standard InChI is InChI=1S/C17H24N4O2/c1-17(2,3)13-6-4-12(5-7-13)15(22)11-19-16(23)18-10-14-8-9-20-21-14/h4-9,15,22H,10-11H2,1-3H3,(H,20,21)(H2,18,19,23). The van der Waals surface area contributed by atoms with Gasteiger partial charge in [-0.15, -0.1) is 0 Å². The number of hydrogen-bond donors (Lipinski definition) is 4. The third-order valence-corrected chi connectivity index (χ3v) is 3.62. The normalized spacial score (nSPS) is 12.7. The van der Waals surface area contributed by atoms with E-state index in [9.17, 15) is 9.90 Å². The summed E-state index contributed by atoms with van der Waals surface area (Å²) in [5, 5.41) is 22.1. The molecule has 2 aromatic rings. The lowest BCUT2D eigenvalue weighted by Gasteiger charge is -2.20. The topological polar surface area (TPSA) is 90.0 Å². The first-order valence-electron chi connectivity index (χ1n) is 7.65. The van der Waals surface area contributed by atoms with Crippen LogP contribution < -0.4 is 10.6 Å². The molecule has 1 aromatic heterocycles. The second kappa shape index (κ2) is 7.28. The van der Waals surface area contributed by atoms with Crippen LogP contribution in [0, 0.1) is 0 Å². The van der Waals surface area contributed by atoms with Crippen molar-refractivity contribution in [3.63, 3.8) is 0 Å². The number of urea groups is 1. The van der Waals surface area contributed by atoms with Gasteiger partial charge in [-0.1, -0.05) is 45.0 Å². The number of nitrogens with zero attached hydrogens (tertiary/aromatic N) is 1. The summed E-state index contributed by atoms with van der Waals surface area (Å²) in [5.41, 5.74) is 2.89. The number of rotatable bonds is 5. The Morgan fingerprint density at radius 3 is 2.48 bits per heavy atom. The van der Waals surface area contributed by atoms with Gasteiger partial charge in [-0.05, 0) is 22.6 Å². The lowest BCUT2D eigenvalue weighted by Crippen LogP contribution is -2.37. The Bertz CT molecular complexity index is 615. The van der Waals surface area contributed by atoms with Crippen molar-refractivity contribution >= 4 is 6.03 Å². The van der Waals surface area contributed by atoms with Crippen molar-refractivity contribution < 1.29 is 9.90 Å². The van der Waals surface area contributed by atoms with Crippen molar-refractivity contribution in [3.8, 4) is 0 Å². The van der Waals surface area contributed by atoms with Gasteiger partial charge in [-0.2, -0.15) is 5.10 Å². The summed E-state index contributed by atoms with van der Waals surface area (Å²) in [6.07, 6.45) is 0.891. The average Bonchev–Trinajstić information content (AvgIpc) is 3.03. The van der Waals surface area contributed by atoms with Crippen LogP contribution in [-0.4, -0.2) is 27.9 Å². The summed E-state index contributed by atoms with van der Waals surface area (Å²) in [6, 6.07) is 9.27. The van der Waals surface area contributed by atoms with E-state index < -0.39 is 6.10 Å². The monoisotopic (exact) mass is 316 g/mol. The van der Waals surface area contributed by atoms with Crippen molar-refractivity contribution in [3.05, 3.63) is 53.3 Å². The summed E-state index contributed by atoms with van der Waals surface area (Å²) in [6.45, 7) is 6.95. The molecule has 4 N–H and O–H groups in total. The third-order valence-electron chi connectivity index (χ3n) is 3.62. The minimum atomic E-state index is -0.734. The number of carbonyl (C=O) groups is 1. The molecule has 0 aliphatic heterocycles. The molecule has 23 heavy (non-hydrogen) atoms. The molecule has 6 heteroatoms. The van der Waals surface area contributed by atoms with E-state index in [0.717, 1.165) is 11.3 Å². The highest BCUT2D eigenvalue weighted by Gasteiger charge is 2.15. The van der Waals surface area contributed by atoms with Crippen molar-refractivity contribution in [1.29, 1.82) is 0 Å². The molecule has 0 saturated carbocycles. The Labute approximate surface area is 136 Å². The summed E-state index contributed by atoms with van der Waals surface area (Å²) in [5.74, 6) is 0. The van der Waals surface area contributed by atoms with Gasteiger partial charge in [-0.3, -0.25) is 5.10 Å². The molecule has 1 atom stereocenters. The van der Waals surface area contributed by atoms with Crippen LogP contribution in [0.4, 0.5) is 4.79 Å². The summed E-state index contributed by atoms with van der Waals surface area (Å²) >= 11 is 0. The summed E-state index contributed by atoms with van der Waals surface area (Å²) < 4.78 is 0. The van der Waals surface area contributed by atoms with Crippen molar-refractivity contribution in [1.82, 2.24) is 20.8 Å². The Kier molecular flexibility index (Phi) is 5.39. The fraction of sp³-hybridized carbons (Fsp3) is 0.412. The van der Waals surface area contributed by atoms with Gasteiger partial charge in [0.1, 0.15) is 0 Å². The van der Waals surface area contributed by atoms with Gasteiger partial charge in [0.2, 0.25) is 0 Å². The van der Waals surface area contributed by atoms with Crippen LogP contribution in [0.15, 0.2) is 36.5 Å². The van der Waals surface area contributed by atoms with E-state index in [1.165, 1.54) is 5.56 Å². The van der Waals surface area contributed by atoms with Crippen molar-refractivity contribution in [2.24, 2.45) is 0 Å². The molecule has 6 nitrogen and oxygen atoms in total. The van der Waals surface area contributed by atoms with Crippen LogP contribution in [0.25, 0.3) is 0 Å². The molecule has 0 spiro atoms. The fourth-order valence-corrected chi connectivity index (χ4v) is 2.13. The molecule has 1 aromatic carbocycles. The van der Waals surface area contributed by atoms with Gasteiger partial charge in [0.25, 0.3) is 0 Å². The van der Waals surface area contributed by atoms with Crippen LogP contribution in [0.2, 0.25) is 0 Å². The number of benzene rings is 1. The first kappa shape index (κ1) is 17.0. The number of aliphatic hydroxyl groups excluding tert-OH is 1. The zero-order chi connectivity index (χ0) is 16.9. The van der Waals surface area contributed by atoms with Crippen molar-refractivity contribution in [2.45, 2.75) is 38.8 Å². The number of carbonyl (C=O) groups excluding carboxylic acids is 1. The second-order valence-corrected chi connectivity index (χ2v) is 6.53. The largest absolute Gasteiger partial charge is 0.387 e. The van der Waals surface area contributed by atoms with Crippen LogP contribution in [-0.2, 0) is 12.0 Å². The van der Waals surface area contributed by atoms with Gasteiger partial charge in [0.05, 0.1) is 18.3 Å². The van der Waals surface area contributed by atoms with Crippen LogP contribution >= 0.6 is 0 Å². The van der Waals surface area contributed by atoms with Gasteiger partial charge in [-0.25, -0.2) is 4.79 Å². The quantitative estimate of drug-likeness (QED) is 0.682. The molecule has 124 valence electrons. The first-order chi connectivity index (χ1) is 10.9. The lowest BCUT2D eigenvalue weighted by molar-refractivity contribution is 0.173. The molecular formula is C17H24N4O2. The number of H-pyrrole nitrogens is 1. The molecule has 0 radical (unpaired) electrons. The van der Waals surface area contributed by atoms with Crippen LogP contribution in [0.3, 0.4) is 0 Å². The lowest BCUT2D eigenvalue weighted by atomic mass is 9.86. The Balaban J connectivity index is 1.79. The number of nitrogens with one attached hydrogen (secondary N) is 3. The molecule has 0 bridgehead atoms. The summed E-state index contributed by atoms with van der Waals surface area (Å²) in [7, 11) is 0. The molecule has 2 amide bonds. The van der Waals surface area contributed by atoms with E-state index in [4.69, 9.17) is 0 Å². The maximum Gasteiger partial charge on any atom is 0.315 e. The van der Waals surface area contributed by atoms with E-state index >= 15 is 0 Å². The smallest absolute Gasteiger partial charge is 0.315 e.